The molecule has 72 valence electrons. The summed E-state index contributed by atoms with van der Waals surface area (Å²) in [5, 5.41) is 21.4. The van der Waals surface area contributed by atoms with E-state index in [0.717, 1.165) is 0 Å². The van der Waals surface area contributed by atoms with Crippen LogP contribution >= 0.6 is 11.3 Å². The monoisotopic (exact) mass is 201 g/mol. The highest BCUT2D eigenvalue weighted by Gasteiger charge is 2.06. The summed E-state index contributed by atoms with van der Waals surface area (Å²) in [6.07, 6.45) is 0. The third-order valence-corrected chi connectivity index (χ3v) is 1.67. The van der Waals surface area contributed by atoms with E-state index >= 15 is 0 Å². The average Bonchev–Trinajstić information content (AvgIpc) is 2.58. The Balaban J connectivity index is 0. The molecule has 0 spiro atoms. The lowest BCUT2D eigenvalue weighted by atomic mass is 10.3. The predicted octanol–water partition coefficient (Wildman–Crippen LogP) is 1.56. The van der Waals surface area contributed by atoms with Crippen LogP contribution in [0.4, 0.5) is 5.00 Å². The van der Waals surface area contributed by atoms with E-state index in [9.17, 15) is 4.79 Å². The first kappa shape index (κ1) is 13.9. The maximum Gasteiger partial charge on any atom is 0.338 e. The highest BCUT2D eigenvalue weighted by molar-refractivity contribution is 7.14. The first-order valence-corrected chi connectivity index (χ1v) is 3.87. The zero-order valence-electron chi connectivity index (χ0n) is 6.91. The third-order valence-electron chi connectivity index (χ3n) is 0.926. The third kappa shape index (κ3) is 4.70. The Labute approximate surface area is 79.8 Å². The summed E-state index contributed by atoms with van der Waals surface area (Å²) in [6, 6.07) is 1.49. The molecule has 0 bridgehead atoms. The Morgan fingerprint density at radius 1 is 1.46 bits per heavy atom. The molecule has 0 fully saturated rings. The summed E-state index contributed by atoms with van der Waals surface area (Å²) >= 11 is 1.23. The minimum absolute atomic E-state index is 0.194. The standard InChI is InChI=1S/C5H5NO2S.2CH3N/c6-4-3(5(7)8)1-2-9-4;2*1-2/h1-2H,6H2,(H,7,8);2*2H,1H2. The van der Waals surface area contributed by atoms with Crippen LogP contribution in [0.25, 0.3) is 0 Å². The largest absolute Gasteiger partial charge is 0.478 e. The number of nitrogens with one attached hydrogen (secondary N) is 2. The molecular weight excluding hydrogens is 190 g/mol. The van der Waals surface area contributed by atoms with Gasteiger partial charge in [0.25, 0.3) is 0 Å². The van der Waals surface area contributed by atoms with Crippen LogP contribution in [0.15, 0.2) is 11.4 Å². The summed E-state index contributed by atoms with van der Waals surface area (Å²) < 4.78 is 0. The van der Waals surface area contributed by atoms with Crippen LogP contribution in [0.2, 0.25) is 0 Å². The topological polar surface area (TPSA) is 111 Å². The van der Waals surface area contributed by atoms with Crippen LogP contribution in [0.1, 0.15) is 10.4 Å². The molecule has 5 N–H and O–H groups in total. The molecule has 6 heteroatoms. The minimum Gasteiger partial charge on any atom is -0.478 e. The molecule has 0 aliphatic rings. The molecule has 0 saturated carbocycles. The molecule has 13 heavy (non-hydrogen) atoms. The van der Waals surface area contributed by atoms with Crippen molar-refractivity contribution >= 4 is 35.7 Å². The first-order valence-electron chi connectivity index (χ1n) is 2.99. The highest BCUT2D eigenvalue weighted by atomic mass is 32.1. The first-order chi connectivity index (χ1) is 6.22. The Morgan fingerprint density at radius 3 is 2.08 bits per heavy atom. The lowest BCUT2D eigenvalue weighted by molar-refractivity contribution is 0.0698. The second kappa shape index (κ2) is 8.41. The SMILES string of the molecule is C=N.C=N.Nc1sccc1C(=O)O. The maximum atomic E-state index is 10.2. The number of rotatable bonds is 1. The number of hydrogen-bond acceptors (Lipinski definition) is 5. The van der Waals surface area contributed by atoms with Crippen molar-refractivity contribution in [3.8, 4) is 0 Å². The molecule has 0 saturated heterocycles. The van der Waals surface area contributed by atoms with Crippen LogP contribution in [0, 0.1) is 10.8 Å². The van der Waals surface area contributed by atoms with Gasteiger partial charge < -0.3 is 21.7 Å². The van der Waals surface area contributed by atoms with Gasteiger partial charge in [-0.15, -0.1) is 11.3 Å². The number of nitrogens with two attached hydrogens (primary N) is 1. The quantitative estimate of drug-likeness (QED) is 0.517. The minimum atomic E-state index is -0.964. The van der Waals surface area contributed by atoms with E-state index in [4.69, 9.17) is 21.7 Å². The van der Waals surface area contributed by atoms with Gasteiger partial charge >= 0.3 is 5.97 Å². The molecule has 0 aliphatic carbocycles. The van der Waals surface area contributed by atoms with Gasteiger partial charge in [-0.05, 0) is 24.9 Å². The number of carbonyl (C=O) groups is 1. The Bertz CT molecular complexity index is 260. The Morgan fingerprint density at radius 2 is 1.92 bits per heavy atom. The Hall–Kier alpha value is -1.69. The van der Waals surface area contributed by atoms with Crippen LogP contribution in [-0.4, -0.2) is 24.5 Å². The zero-order valence-corrected chi connectivity index (χ0v) is 7.73. The van der Waals surface area contributed by atoms with Crippen molar-refractivity contribution in [1.82, 2.24) is 0 Å². The van der Waals surface area contributed by atoms with E-state index in [0.29, 0.717) is 5.00 Å². The van der Waals surface area contributed by atoms with Gasteiger partial charge in [0.05, 0.1) is 5.56 Å². The van der Waals surface area contributed by atoms with Gasteiger partial charge in [-0.2, -0.15) is 0 Å². The number of thiophene rings is 1. The second-order valence-electron chi connectivity index (χ2n) is 1.50. The molecule has 1 heterocycles. The van der Waals surface area contributed by atoms with Gasteiger partial charge in [0.15, 0.2) is 0 Å². The van der Waals surface area contributed by atoms with Gasteiger partial charge in [0.1, 0.15) is 5.00 Å². The van der Waals surface area contributed by atoms with Gasteiger partial charge in [0.2, 0.25) is 0 Å². The summed E-state index contributed by atoms with van der Waals surface area (Å²) in [7, 11) is 0. The normalized spacial score (nSPS) is 7.08. The molecule has 1 aromatic heterocycles. The predicted molar refractivity (Wildman–Crippen MR) is 55.4 cm³/mol. The number of carboxylic acid groups (broad SMARTS) is 1. The zero-order chi connectivity index (χ0) is 10.9. The summed E-state index contributed by atoms with van der Waals surface area (Å²) in [6.45, 7) is 5.00. The molecule has 0 amide bonds. The molecule has 0 aromatic carbocycles. The fourth-order valence-electron chi connectivity index (χ4n) is 0.498. The van der Waals surface area contributed by atoms with Crippen molar-refractivity contribution in [2.45, 2.75) is 0 Å². The van der Waals surface area contributed by atoms with Crippen LogP contribution in [0.3, 0.4) is 0 Å². The molecule has 1 rings (SSSR count). The number of nitrogen functional groups attached to an aromatic ring is 1. The molecule has 1 aromatic rings. The van der Waals surface area contributed by atoms with E-state index in [2.05, 4.69) is 13.4 Å². The van der Waals surface area contributed by atoms with Crippen molar-refractivity contribution < 1.29 is 9.90 Å². The molecule has 0 unspecified atom stereocenters. The molecule has 0 radical (unpaired) electrons. The number of hydrogen-bond donors (Lipinski definition) is 4. The van der Waals surface area contributed by atoms with Crippen molar-refractivity contribution in [3.05, 3.63) is 17.0 Å². The lowest BCUT2D eigenvalue weighted by Gasteiger charge is -1.86. The van der Waals surface area contributed by atoms with Crippen molar-refractivity contribution in [1.29, 1.82) is 10.8 Å². The number of carboxylic acids is 1. The molecule has 5 nitrogen and oxygen atoms in total. The number of aromatic carboxylic acids is 1. The van der Waals surface area contributed by atoms with Gasteiger partial charge in [-0.1, -0.05) is 0 Å². The smallest absolute Gasteiger partial charge is 0.338 e. The molecule has 0 aliphatic heterocycles. The fraction of sp³-hybridized carbons (Fsp3) is 0. The van der Waals surface area contributed by atoms with E-state index in [-0.39, 0.29) is 5.56 Å². The summed E-state index contributed by atoms with van der Waals surface area (Å²) in [5.74, 6) is -0.964. The van der Waals surface area contributed by atoms with Gasteiger partial charge in [-0.25, -0.2) is 4.79 Å². The number of anilines is 1. The van der Waals surface area contributed by atoms with Gasteiger partial charge in [0, 0.05) is 0 Å². The highest BCUT2D eigenvalue weighted by Crippen LogP contribution is 2.17. The average molecular weight is 201 g/mol. The van der Waals surface area contributed by atoms with Crippen LogP contribution in [-0.2, 0) is 0 Å². The van der Waals surface area contributed by atoms with Crippen LogP contribution in [0.5, 0.6) is 0 Å². The van der Waals surface area contributed by atoms with Crippen molar-refractivity contribution in [2.75, 3.05) is 5.73 Å². The van der Waals surface area contributed by atoms with E-state index in [1.165, 1.54) is 17.4 Å². The van der Waals surface area contributed by atoms with E-state index in [1.807, 2.05) is 0 Å². The molecule has 0 atom stereocenters. The summed E-state index contributed by atoms with van der Waals surface area (Å²) in [5.41, 5.74) is 5.47. The van der Waals surface area contributed by atoms with Gasteiger partial charge in [-0.3, -0.25) is 0 Å². The fourth-order valence-corrected chi connectivity index (χ4v) is 1.13. The lowest BCUT2D eigenvalue weighted by Crippen LogP contribution is -1.96. The van der Waals surface area contributed by atoms with E-state index < -0.39 is 5.97 Å². The maximum absolute atomic E-state index is 10.2. The second-order valence-corrected chi connectivity index (χ2v) is 2.45. The van der Waals surface area contributed by atoms with Crippen molar-refractivity contribution in [2.24, 2.45) is 0 Å². The van der Waals surface area contributed by atoms with E-state index in [1.54, 1.807) is 5.38 Å². The van der Waals surface area contributed by atoms with Crippen molar-refractivity contribution in [3.63, 3.8) is 0 Å². The van der Waals surface area contributed by atoms with Crippen LogP contribution < -0.4 is 5.73 Å². The summed E-state index contributed by atoms with van der Waals surface area (Å²) in [4.78, 5) is 10.2. The molecular formula is C7H11N3O2S. The Kier molecular flexibility index (Phi) is 8.97.